The zero-order chi connectivity index (χ0) is 18.8. The minimum absolute atomic E-state index is 0.106. The van der Waals surface area contributed by atoms with Gasteiger partial charge in [0, 0.05) is 10.7 Å². The average Bonchev–Trinajstić information content (AvgIpc) is 3.31. The van der Waals surface area contributed by atoms with Crippen LogP contribution in [0.2, 0.25) is 5.02 Å². The molecule has 4 aromatic rings. The van der Waals surface area contributed by atoms with Crippen LogP contribution in [-0.4, -0.2) is 31.5 Å². The molecule has 3 aromatic heterocycles. The van der Waals surface area contributed by atoms with Crippen LogP contribution < -0.4 is 10.9 Å². The molecule has 0 radical (unpaired) electrons. The highest BCUT2D eigenvalue weighted by Gasteiger charge is 2.14. The number of nitrogens with one attached hydrogen (secondary N) is 2. The minimum atomic E-state index is -0.335. The Bertz CT molecular complexity index is 1170. The molecule has 136 valence electrons. The highest BCUT2D eigenvalue weighted by Crippen LogP contribution is 2.25. The van der Waals surface area contributed by atoms with E-state index in [0.717, 1.165) is 4.88 Å². The summed E-state index contributed by atoms with van der Waals surface area (Å²) in [6, 6.07) is 12.5. The van der Waals surface area contributed by atoms with E-state index in [1.165, 1.54) is 27.6 Å². The van der Waals surface area contributed by atoms with Gasteiger partial charge in [-0.1, -0.05) is 35.5 Å². The number of hydrogen-bond donors (Lipinski definition) is 2. The van der Waals surface area contributed by atoms with Gasteiger partial charge in [-0.25, -0.2) is 9.61 Å². The number of H-pyrrole nitrogens is 1. The maximum absolute atomic E-state index is 12.2. The fourth-order valence-corrected chi connectivity index (χ4v) is 4.00. The van der Waals surface area contributed by atoms with E-state index in [1.807, 2.05) is 17.5 Å². The standard InChI is InChI=1S/C17H12ClN5O2S2/c18-10-3-1-4-11(7-10)19-15(24)9-27-17-21-20-16(25)13-8-12(22-23(13)17)14-5-2-6-26-14/h1-8H,9H2,(H,19,24)(H,20,25). The molecule has 0 saturated carbocycles. The molecule has 0 saturated heterocycles. The van der Waals surface area contributed by atoms with Crippen LogP contribution in [0.15, 0.2) is 57.8 Å². The van der Waals surface area contributed by atoms with Crippen LogP contribution in [0.3, 0.4) is 0 Å². The number of aromatic amines is 1. The number of amides is 1. The molecule has 0 aliphatic carbocycles. The van der Waals surface area contributed by atoms with Crippen LogP contribution in [0.1, 0.15) is 0 Å². The highest BCUT2D eigenvalue weighted by molar-refractivity contribution is 7.99. The predicted octanol–water partition coefficient (Wildman–Crippen LogP) is 3.53. The van der Waals surface area contributed by atoms with Crippen molar-refractivity contribution in [2.24, 2.45) is 0 Å². The number of nitrogens with zero attached hydrogens (tertiary/aromatic N) is 3. The van der Waals surface area contributed by atoms with Gasteiger partial charge in [0.25, 0.3) is 5.56 Å². The summed E-state index contributed by atoms with van der Waals surface area (Å²) in [4.78, 5) is 25.2. The van der Waals surface area contributed by atoms with Crippen LogP contribution >= 0.6 is 34.7 Å². The quantitative estimate of drug-likeness (QED) is 0.484. The largest absolute Gasteiger partial charge is 0.325 e. The van der Waals surface area contributed by atoms with E-state index in [-0.39, 0.29) is 17.2 Å². The number of hydrogen-bond acceptors (Lipinski definition) is 6. The van der Waals surface area contributed by atoms with Crippen LogP contribution in [0.5, 0.6) is 0 Å². The summed E-state index contributed by atoms with van der Waals surface area (Å²) >= 11 is 8.63. The molecule has 10 heteroatoms. The molecule has 0 fully saturated rings. The van der Waals surface area contributed by atoms with Gasteiger partial charge < -0.3 is 5.32 Å². The van der Waals surface area contributed by atoms with Crippen LogP contribution in [-0.2, 0) is 4.79 Å². The second-order valence-electron chi connectivity index (χ2n) is 5.49. The van der Waals surface area contributed by atoms with Crippen LogP contribution in [0.4, 0.5) is 5.69 Å². The monoisotopic (exact) mass is 417 g/mol. The van der Waals surface area contributed by atoms with E-state index < -0.39 is 0 Å². The lowest BCUT2D eigenvalue weighted by Crippen LogP contribution is -2.17. The van der Waals surface area contributed by atoms with Crippen molar-refractivity contribution in [3.63, 3.8) is 0 Å². The maximum Gasteiger partial charge on any atom is 0.290 e. The lowest BCUT2D eigenvalue weighted by molar-refractivity contribution is -0.113. The van der Waals surface area contributed by atoms with E-state index in [2.05, 4.69) is 20.6 Å². The summed E-state index contributed by atoms with van der Waals surface area (Å²) < 4.78 is 1.46. The number of thiophene rings is 1. The van der Waals surface area contributed by atoms with Crippen molar-refractivity contribution in [3.8, 4) is 10.6 Å². The van der Waals surface area contributed by atoms with E-state index in [1.54, 1.807) is 30.3 Å². The third-order valence-corrected chi connectivity index (χ3v) is 5.65. The lowest BCUT2D eigenvalue weighted by atomic mass is 10.3. The van der Waals surface area contributed by atoms with Gasteiger partial charge in [0.1, 0.15) is 11.2 Å². The first-order chi connectivity index (χ1) is 13.1. The molecule has 0 bridgehead atoms. The average molecular weight is 418 g/mol. The van der Waals surface area contributed by atoms with Gasteiger partial charge >= 0.3 is 0 Å². The SMILES string of the molecule is O=C(CSc1n[nH]c(=O)c2cc(-c3cccs3)nn12)Nc1cccc(Cl)c1. The number of carbonyl (C=O) groups excluding carboxylic acids is 1. The normalized spacial score (nSPS) is 11.0. The second-order valence-corrected chi connectivity index (χ2v) is 7.81. The van der Waals surface area contributed by atoms with Crippen molar-refractivity contribution < 1.29 is 4.79 Å². The van der Waals surface area contributed by atoms with Crippen molar-refractivity contribution in [1.29, 1.82) is 0 Å². The molecule has 0 unspecified atom stereocenters. The van der Waals surface area contributed by atoms with Gasteiger partial charge in [-0.05, 0) is 35.7 Å². The van der Waals surface area contributed by atoms with E-state index in [4.69, 9.17) is 11.6 Å². The molecule has 0 aliphatic heterocycles. The summed E-state index contributed by atoms with van der Waals surface area (Å²) in [6.45, 7) is 0. The molecule has 0 atom stereocenters. The lowest BCUT2D eigenvalue weighted by Gasteiger charge is -2.05. The molecule has 0 spiro atoms. The number of halogens is 1. The van der Waals surface area contributed by atoms with Gasteiger partial charge in [0.05, 0.1) is 10.6 Å². The van der Waals surface area contributed by atoms with Gasteiger partial charge in [0.2, 0.25) is 11.1 Å². The van der Waals surface area contributed by atoms with Crippen LogP contribution in [0.25, 0.3) is 16.1 Å². The zero-order valence-electron chi connectivity index (χ0n) is 13.7. The predicted molar refractivity (Wildman–Crippen MR) is 108 cm³/mol. The third-order valence-electron chi connectivity index (χ3n) is 3.59. The van der Waals surface area contributed by atoms with Crippen molar-refractivity contribution >= 4 is 51.8 Å². The Morgan fingerprint density at radius 1 is 1.30 bits per heavy atom. The molecule has 1 amide bonds. The Morgan fingerprint density at radius 2 is 2.19 bits per heavy atom. The number of carbonyl (C=O) groups is 1. The van der Waals surface area contributed by atoms with Gasteiger partial charge in [0.15, 0.2) is 0 Å². The summed E-state index contributed by atoms with van der Waals surface area (Å²) in [5.74, 6) is -0.108. The first-order valence-corrected chi connectivity index (χ1v) is 10.0. The van der Waals surface area contributed by atoms with Gasteiger partial charge in [-0.3, -0.25) is 9.59 Å². The highest BCUT2D eigenvalue weighted by atomic mass is 35.5. The van der Waals surface area contributed by atoms with E-state index in [0.29, 0.717) is 27.1 Å². The fourth-order valence-electron chi connectivity index (χ4n) is 2.42. The molecule has 4 rings (SSSR count). The molecule has 27 heavy (non-hydrogen) atoms. The Kier molecular flexibility index (Phi) is 4.97. The zero-order valence-corrected chi connectivity index (χ0v) is 16.1. The molecular weight excluding hydrogens is 406 g/mol. The van der Waals surface area contributed by atoms with Gasteiger partial charge in [-0.15, -0.1) is 16.4 Å². The molecule has 2 N–H and O–H groups in total. The summed E-state index contributed by atoms with van der Waals surface area (Å²) in [6.07, 6.45) is 0. The molecule has 3 heterocycles. The Balaban J connectivity index is 1.54. The molecule has 0 aliphatic rings. The molecular formula is C17H12ClN5O2S2. The first-order valence-electron chi connectivity index (χ1n) is 7.81. The second kappa shape index (κ2) is 7.55. The van der Waals surface area contributed by atoms with E-state index >= 15 is 0 Å². The first kappa shape index (κ1) is 17.8. The Hall–Kier alpha value is -2.62. The molecule has 7 nitrogen and oxygen atoms in total. The van der Waals surface area contributed by atoms with Gasteiger partial charge in [-0.2, -0.15) is 5.10 Å². The van der Waals surface area contributed by atoms with Crippen molar-refractivity contribution in [2.75, 3.05) is 11.1 Å². The Morgan fingerprint density at radius 3 is 2.96 bits per heavy atom. The number of rotatable bonds is 5. The van der Waals surface area contributed by atoms with Crippen LogP contribution in [0, 0.1) is 0 Å². The number of fused-ring (bicyclic) bond motifs is 1. The fraction of sp³-hybridized carbons (Fsp3) is 0.0588. The van der Waals surface area contributed by atoms with E-state index in [9.17, 15) is 9.59 Å². The summed E-state index contributed by atoms with van der Waals surface area (Å²) in [5.41, 5.74) is 1.35. The van der Waals surface area contributed by atoms with Crippen molar-refractivity contribution in [1.82, 2.24) is 19.8 Å². The van der Waals surface area contributed by atoms with Crippen molar-refractivity contribution in [3.05, 3.63) is 63.2 Å². The number of thioether (sulfide) groups is 1. The molecule has 1 aromatic carbocycles. The topological polar surface area (TPSA) is 92.2 Å². The maximum atomic E-state index is 12.2. The third kappa shape index (κ3) is 3.90. The number of anilines is 1. The summed E-state index contributed by atoms with van der Waals surface area (Å²) in [5, 5.41) is 16.6. The smallest absolute Gasteiger partial charge is 0.290 e. The summed E-state index contributed by atoms with van der Waals surface area (Å²) in [7, 11) is 0. The Labute approximate surface area is 166 Å². The van der Waals surface area contributed by atoms with Crippen molar-refractivity contribution in [2.45, 2.75) is 5.16 Å². The number of aromatic nitrogens is 4. The number of benzene rings is 1. The minimum Gasteiger partial charge on any atom is -0.325 e.